The maximum Gasteiger partial charge on any atom is 0.433 e. The first-order valence-electron chi connectivity index (χ1n) is 9.50. The van der Waals surface area contributed by atoms with Gasteiger partial charge in [-0.2, -0.15) is 13.2 Å². The van der Waals surface area contributed by atoms with Gasteiger partial charge in [-0.15, -0.1) is 0 Å². The SMILES string of the molecule is Cc1nc2c(c(C(F)(F)F)n1)C[C@H](C(=O)NCC1(C3CC3)CCC1)CC2. The van der Waals surface area contributed by atoms with E-state index in [1.165, 1.54) is 26.2 Å². The first kappa shape index (κ1) is 17.7. The molecule has 0 bridgehead atoms. The van der Waals surface area contributed by atoms with Crippen LogP contribution in [0.25, 0.3) is 0 Å². The Hall–Kier alpha value is -1.66. The second-order valence-electron chi connectivity index (χ2n) is 8.19. The predicted octanol–water partition coefficient (Wildman–Crippen LogP) is 3.61. The molecule has 0 spiro atoms. The molecule has 4 nitrogen and oxygen atoms in total. The first-order chi connectivity index (χ1) is 12.3. The molecule has 2 saturated carbocycles. The molecule has 0 saturated heterocycles. The second-order valence-corrected chi connectivity index (χ2v) is 8.19. The van der Waals surface area contributed by atoms with Crippen molar-refractivity contribution in [1.82, 2.24) is 15.3 Å². The lowest BCUT2D eigenvalue weighted by Gasteiger charge is -2.43. The van der Waals surface area contributed by atoms with Gasteiger partial charge in [-0.25, -0.2) is 9.97 Å². The minimum absolute atomic E-state index is 0.0761. The Bertz CT molecular complexity index is 723. The van der Waals surface area contributed by atoms with Gasteiger partial charge in [-0.05, 0) is 63.2 Å². The van der Waals surface area contributed by atoms with E-state index in [2.05, 4.69) is 15.3 Å². The van der Waals surface area contributed by atoms with Gasteiger partial charge in [0.25, 0.3) is 0 Å². The number of nitrogens with one attached hydrogen (secondary N) is 1. The van der Waals surface area contributed by atoms with Crippen molar-refractivity contribution in [3.8, 4) is 0 Å². The van der Waals surface area contributed by atoms with E-state index in [1.807, 2.05) is 0 Å². The summed E-state index contributed by atoms with van der Waals surface area (Å²) in [5, 5.41) is 3.06. The second kappa shape index (κ2) is 6.20. The summed E-state index contributed by atoms with van der Waals surface area (Å²) in [7, 11) is 0. The van der Waals surface area contributed by atoms with E-state index in [-0.39, 0.29) is 29.1 Å². The van der Waals surface area contributed by atoms with Crippen LogP contribution in [0.1, 0.15) is 61.3 Å². The van der Waals surface area contributed by atoms with E-state index in [9.17, 15) is 18.0 Å². The fourth-order valence-electron chi connectivity index (χ4n) is 4.66. The molecular weight excluding hydrogens is 343 g/mol. The lowest BCUT2D eigenvalue weighted by molar-refractivity contribution is -0.142. The largest absolute Gasteiger partial charge is 0.433 e. The van der Waals surface area contributed by atoms with Crippen LogP contribution in [0.5, 0.6) is 0 Å². The van der Waals surface area contributed by atoms with E-state index in [4.69, 9.17) is 0 Å². The van der Waals surface area contributed by atoms with Gasteiger partial charge in [0.15, 0.2) is 5.69 Å². The van der Waals surface area contributed by atoms with Crippen LogP contribution in [0.15, 0.2) is 0 Å². The normalized spacial score (nSPS) is 24.5. The van der Waals surface area contributed by atoms with Crippen LogP contribution in [0.2, 0.25) is 0 Å². The average molecular weight is 367 g/mol. The summed E-state index contributed by atoms with van der Waals surface area (Å²) in [5.41, 5.74) is -0.0529. The quantitative estimate of drug-likeness (QED) is 0.885. The molecule has 1 heterocycles. The van der Waals surface area contributed by atoms with Gasteiger partial charge in [-0.3, -0.25) is 4.79 Å². The van der Waals surface area contributed by atoms with Gasteiger partial charge < -0.3 is 5.32 Å². The molecular formula is C19H24F3N3O. The number of hydrogen-bond acceptors (Lipinski definition) is 3. The Labute approximate surface area is 151 Å². The van der Waals surface area contributed by atoms with E-state index >= 15 is 0 Å². The number of hydrogen-bond donors (Lipinski definition) is 1. The molecule has 142 valence electrons. The summed E-state index contributed by atoms with van der Waals surface area (Å²) in [4.78, 5) is 20.4. The van der Waals surface area contributed by atoms with Crippen LogP contribution in [0.4, 0.5) is 13.2 Å². The third kappa shape index (κ3) is 3.21. The van der Waals surface area contributed by atoms with E-state index in [1.54, 1.807) is 0 Å². The molecule has 0 radical (unpaired) electrons. The minimum atomic E-state index is -4.52. The van der Waals surface area contributed by atoms with Crippen LogP contribution in [0.3, 0.4) is 0 Å². The van der Waals surface area contributed by atoms with Crippen LogP contribution in [0, 0.1) is 24.2 Å². The van der Waals surface area contributed by atoms with E-state index < -0.39 is 17.8 Å². The number of carbonyl (C=O) groups excluding carboxylic acids is 1. The van der Waals surface area contributed by atoms with Crippen molar-refractivity contribution >= 4 is 5.91 Å². The van der Waals surface area contributed by atoms with Gasteiger partial charge in [0, 0.05) is 23.7 Å². The summed E-state index contributed by atoms with van der Waals surface area (Å²) < 4.78 is 40.0. The van der Waals surface area contributed by atoms with Crippen LogP contribution < -0.4 is 5.32 Å². The number of halogens is 3. The van der Waals surface area contributed by atoms with Crippen molar-refractivity contribution in [3.05, 3.63) is 22.8 Å². The fourth-order valence-corrected chi connectivity index (χ4v) is 4.66. The Balaban J connectivity index is 1.46. The number of alkyl halides is 3. The molecule has 0 unspecified atom stereocenters. The molecule has 7 heteroatoms. The Morgan fingerprint density at radius 3 is 2.54 bits per heavy atom. The smallest absolute Gasteiger partial charge is 0.355 e. The van der Waals surface area contributed by atoms with Gasteiger partial charge >= 0.3 is 6.18 Å². The number of carbonyl (C=O) groups is 1. The topological polar surface area (TPSA) is 54.9 Å². The number of amides is 1. The zero-order valence-corrected chi connectivity index (χ0v) is 15.0. The summed E-state index contributed by atoms with van der Waals surface area (Å²) >= 11 is 0. The van der Waals surface area contributed by atoms with Crippen molar-refractivity contribution in [2.24, 2.45) is 17.3 Å². The summed E-state index contributed by atoms with van der Waals surface area (Å²) in [5.74, 6) is 0.328. The minimum Gasteiger partial charge on any atom is -0.355 e. The molecule has 2 fully saturated rings. The number of aromatic nitrogens is 2. The van der Waals surface area contributed by atoms with Crippen LogP contribution in [-0.4, -0.2) is 22.4 Å². The monoisotopic (exact) mass is 367 g/mol. The molecule has 4 rings (SSSR count). The maximum absolute atomic E-state index is 13.3. The summed E-state index contributed by atoms with van der Waals surface area (Å²) in [6, 6.07) is 0. The summed E-state index contributed by atoms with van der Waals surface area (Å²) in [6.07, 6.45) is 2.54. The lowest BCUT2D eigenvalue weighted by Crippen LogP contribution is -2.46. The van der Waals surface area contributed by atoms with E-state index in [0.29, 0.717) is 25.1 Å². The Morgan fingerprint density at radius 2 is 1.96 bits per heavy atom. The molecule has 1 aromatic rings. The van der Waals surface area contributed by atoms with Crippen LogP contribution in [-0.2, 0) is 23.8 Å². The van der Waals surface area contributed by atoms with Crippen molar-refractivity contribution in [3.63, 3.8) is 0 Å². The highest BCUT2D eigenvalue weighted by molar-refractivity contribution is 5.79. The Kier molecular flexibility index (Phi) is 4.23. The standard InChI is InChI=1S/C19H24F3N3O/c1-11-24-15-6-3-12(9-14(15)16(25-11)19(20,21)22)17(26)23-10-18(7-2-8-18)13-4-5-13/h12-13H,2-10H2,1H3,(H,23,26)/t12-/m1/s1. The molecule has 1 amide bonds. The van der Waals surface area contributed by atoms with Gasteiger partial charge in [-0.1, -0.05) is 6.42 Å². The molecule has 0 aromatic carbocycles. The number of nitrogens with zero attached hydrogens (tertiary/aromatic N) is 2. The predicted molar refractivity (Wildman–Crippen MR) is 89.3 cm³/mol. The third-order valence-corrected chi connectivity index (χ3v) is 6.43. The lowest BCUT2D eigenvalue weighted by atomic mass is 9.65. The highest BCUT2D eigenvalue weighted by atomic mass is 19.4. The van der Waals surface area contributed by atoms with Crippen molar-refractivity contribution in [2.45, 2.75) is 64.5 Å². The van der Waals surface area contributed by atoms with Crippen LogP contribution >= 0.6 is 0 Å². The van der Waals surface area contributed by atoms with Crippen molar-refractivity contribution < 1.29 is 18.0 Å². The van der Waals surface area contributed by atoms with Gasteiger partial charge in [0.2, 0.25) is 5.91 Å². The van der Waals surface area contributed by atoms with Crippen molar-refractivity contribution in [1.29, 1.82) is 0 Å². The van der Waals surface area contributed by atoms with E-state index in [0.717, 1.165) is 18.8 Å². The average Bonchev–Trinajstić information content (AvgIpc) is 3.36. The molecule has 1 atom stereocenters. The maximum atomic E-state index is 13.3. The molecule has 1 aromatic heterocycles. The third-order valence-electron chi connectivity index (χ3n) is 6.43. The van der Waals surface area contributed by atoms with Gasteiger partial charge in [0.05, 0.1) is 0 Å². The number of rotatable bonds is 4. The highest BCUT2D eigenvalue weighted by Gasteiger charge is 2.49. The zero-order chi connectivity index (χ0) is 18.5. The highest BCUT2D eigenvalue weighted by Crippen LogP contribution is 2.56. The number of fused-ring (bicyclic) bond motifs is 1. The number of aryl methyl sites for hydroxylation is 2. The molecule has 0 aliphatic heterocycles. The molecule has 26 heavy (non-hydrogen) atoms. The first-order valence-corrected chi connectivity index (χ1v) is 9.50. The molecule has 3 aliphatic rings. The van der Waals surface area contributed by atoms with Crippen molar-refractivity contribution in [2.75, 3.05) is 6.54 Å². The summed E-state index contributed by atoms with van der Waals surface area (Å²) in [6.45, 7) is 2.15. The fraction of sp³-hybridized carbons (Fsp3) is 0.737. The molecule has 1 N–H and O–H groups in total. The Morgan fingerprint density at radius 1 is 1.23 bits per heavy atom. The van der Waals surface area contributed by atoms with Gasteiger partial charge in [0.1, 0.15) is 5.82 Å². The zero-order valence-electron chi connectivity index (χ0n) is 15.0. The molecule has 3 aliphatic carbocycles.